The van der Waals surface area contributed by atoms with Crippen molar-refractivity contribution in [3.05, 3.63) is 53.6 Å². The number of carbonyl (C=O) groups is 2. The molecule has 2 aromatic rings. The van der Waals surface area contributed by atoms with Crippen LogP contribution in [-0.4, -0.2) is 31.1 Å². The average molecular weight is 449 g/mol. The van der Waals surface area contributed by atoms with Crippen molar-refractivity contribution in [1.29, 1.82) is 5.41 Å². The van der Waals surface area contributed by atoms with Crippen molar-refractivity contribution in [3.63, 3.8) is 0 Å². The molecule has 0 aliphatic carbocycles. The first-order valence-electron chi connectivity index (χ1n) is 10.1. The number of carbonyl (C=O) groups excluding carboxylic acids is 2. The van der Waals surface area contributed by atoms with Crippen molar-refractivity contribution < 1.29 is 37.0 Å². The van der Waals surface area contributed by atoms with Gasteiger partial charge in [0.1, 0.15) is 11.7 Å². The molecule has 1 aliphatic rings. The van der Waals surface area contributed by atoms with Crippen molar-refractivity contribution in [1.82, 2.24) is 0 Å². The van der Waals surface area contributed by atoms with Crippen molar-refractivity contribution in [2.45, 2.75) is 32.4 Å². The van der Waals surface area contributed by atoms with Gasteiger partial charge in [0.25, 0.3) is 0 Å². The summed E-state index contributed by atoms with van der Waals surface area (Å²) in [6.45, 7) is 3.53. The Morgan fingerprint density at radius 2 is 1.62 bits per heavy atom. The highest BCUT2D eigenvalue weighted by Crippen LogP contribution is 2.43. The first-order valence-corrected chi connectivity index (χ1v) is 10.1. The fourth-order valence-corrected chi connectivity index (χ4v) is 3.64. The molecule has 2 atom stereocenters. The Labute approximate surface area is 182 Å². The second kappa shape index (κ2) is 9.42. The molecule has 1 heterocycles. The molecule has 0 saturated carbocycles. The molecule has 0 saturated heterocycles. The largest absolute Gasteiger partial charge is 0.466 e. The lowest BCUT2D eigenvalue weighted by Crippen LogP contribution is -2.39. The van der Waals surface area contributed by atoms with Gasteiger partial charge in [0, 0.05) is 11.5 Å². The zero-order valence-corrected chi connectivity index (χ0v) is 17.5. The van der Waals surface area contributed by atoms with E-state index in [-0.39, 0.29) is 25.5 Å². The van der Waals surface area contributed by atoms with Crippen molar-refractivity contribution in [2.75, 3.05) is 13.2 Å². The molecule has 3 rings (SSSR count). The van der Waals surface area contributed by atoms with Gasteiger partial charge in [-0.05, 0) is 49.2 Å². The van der Waals surface area contributed by atoms with E-state index in [1.807, 2.05) is 0 Å². The van der Waals surface area contributed by atoms with Crippen LogP contribution in [0.25, 0.3) is 11.1 Å². The Balaban J connectivity index is 2.03. The van der Waals surface area contributed by atoms with Gasteiger partial charge >= 0.3 is 18.1 Å². The van der Waals surface area contributed by atoms with Crippen molar-refractivity contribution in [3.8, 4) is 16.9 Å². The van der Waals surface area contributed by atoms with E-state index in [9.17, 15) is 22.8 Å². The Morgan fingerprint density at radius 3 is 2.22 bits per heavy atom. The smallest absolute Gasteiger partial charge is 0.416 e. The van der Waals surface area contributed by atoms with Crippen LogP contribution in [0.1, 0.15) is 37.3 Å². The molecular weight excluding hydrogens is 427 g/mol. The van der Waals surface area contributed by atoms with Gasteiger partial charge in [-0.3, -0.25) is 15.0 Å². The molecule has 170 valence electrons. The number of hydrogen-bond donors (Lipinski definition) is 1. The summed E-state index contributed by atoms with van der Waals surface area (Å²) in [4.78, 5) is 24.8. The summed E-state index contributed by atoms with van der Waals surface area (Å²) in [5, 5.41) is 8.18. The molecule has 9 heteroatoms. The zero-order chi connectivity index (χ0) is 23.5. The Morgan fingerprint density at radius 1 is 1.00 bits per heavy atom. The normalized spacial score (nSPS) is 17.8. The van der Waals surface area contributed by atoms with E-state index >= 15 is 0 Å². The quantitative estimate of drug-likeness (QED) is 0.630. The molecule has 1 N–H and O–H groups in total. The summed E-state index contributed by atoms with van der Waals surface area (Å²) in [7, 11) is 0. The number of hydrogen-bond acceptors (Lipinski definition) is 6. The molecule has 0 spiro atoms. The third kappa shape index (κ3) is 4.92. The van der Waals surface area contributed by atoms with E-state index in [4.69, 9.17) is 19.6 Å². The van der Waals surface area contributed by atoms with Crippen LogP contribution in [0.5, 0.6) is 5.75 Å². The van der Waals surface area contributed by atoms with Crippen molar-refractivity contribution >= 4 is 17.8 Å². The molecule has 1 aliphatic heterocycles. The maximum atomic E-state index is 12.9. The number of nitrogens with one attached hydrogen (secondary N) is 1. The number of fused-ring (bicyclic) bond motifs is 1. The Bertz CT molecular complexity index is 1020. The number of ether oxygens (including phenoxy) is 3. The van der Waals surface area contributed by atoms with Crippen LogP contribution in [-0.2, 0) is 25.2 Å². The molecule has 6 nitrogen and oxygen atoms in total. The van der Waals surface area contributed by atoms with Crippen LogP contribution >= 0.6 is 0 Å². The summed E-state index contributed by atoms with van der Waals surface area (Å²) < 4.78 is 54.3. The molecule has 0 aromatic heterocycles. The predicted octanol–water partition coefficient (Wildman–Crippen LogP) is 4.96. The lowest BCUT2D eigenvalue weighted by atomic mass is 9.80. The molecule has 32 heavy (non-hydrogen) atoms. The van der Waals surface area contributed by atoms with Gasteiger partial charge in [-0.25, -0.2) is 0 Å². The second-order valence-electron chi connectivity index (χ2n) is 7.14. The van der Waals surface area contributed by atoms with Crippen molar-refractivity contribution in [2.24, 2.45) is 5.92 Å². The molecule has 0 amide bonds. The van der Waals surface area contributed by atoms with E-state index in [1.165, 1.54) is 12.1 Å². The summed E-state index contributed by atoms with van der Waals surface area (Å²) in [5.41, 5.74) is 0.804. The van der Waals surface area contributed by atoms with Gasteiger partial charge in [0.15, 0.2) is 0 Å². The second-order valence-corrected chi connectivity index (χ2v) is 7.14. The molecule has 2 unspecified atom stereocenters. The number of halogens is 3. The molecule has 0 radical (unpaired) electrons. The van der Waals surface area contributed by atoms with Gasteiger partial charge in [-0.2, -0.15) is 13.2 Å². The predicted molar refractivity (Wildman–Crippen MR) is 109 cm³/mol. The number of esters is 2. The summed E-state index contributed by atoms with van der Waals surface area (Å²) >= 11 is 0. The molecule has 0 fully saturated rings. The lowest BCUT2D eigenvalue weighted by molar-refractivity contribution is -0.148. The monoisotopic (exact) mass is 449 g/mol. The van der Waals surface area contributed by atoms with E-state index in [0.29, 0.717) is 22.4 Å². The lowest BCUT2D eigenvalue weighted by Gasteiger charge is -2.32. The van der Waals surface area contributed by atoms with Crippen LogP contribution in [0, 0.1) is 11.3 Å². The minimum absolute atomic E-state index is 0.0905. The Hall–Kier alpha value is -3.36. The van der Waals surface area contributed by atoms with Crippen LogP contribution in [0.15, 0.2) is 42.5 Å². The van der Waals surface area contributed by atoms with Crippen LogP contribution < -0.4 is 4.74 Å². The summed E-state index contributed by atoms with van der Waals surface area (Å²) in [5.74, 6) is -3.22. The number of benzene rings is 2. The van der Waals surface area contributed by atoms with Crippen LogP contribution in [0.2, 0.25) is 0 Å². The minimum atomic E-state index is -4.44. The molecule has 2 aromatic carbocycles. The minimum Gasteiger partial charge on any atom is -0.466 e. The van der Waals surface area contributed by atoms with Gasteiger partial charge in [-0.15, -0.1) is 0 Å². The highest BCUT2D eigenvalue weighted by molar-refractivity contribution is 6.00. The number of rotatable bonds is 6. The maximum absolute atomic E-state index is 12.9. The SMILES string of the molecule is CCOC(=O)CC1c2cc(-c3ccc(C(F)(F)F)cc3)ccc2OC(=N)C1C(=O)OCC. The first kappa shape index (κ1) is 23.3. The summed E-state index contributed by atoms with van der Waals surface area (Å²) in [6, 6.07) is 9.52. The first-order chi connectivity index (χ1) is 15.2. The van der Waals surface area contributed by atoms with Gasteiger partial charge < -0.3 is 14.2 Å². The highest BCUT2D eigenvalue weighted by Gasteiger charge is 2.43. The standard InChI is InChI=1S/C23H22F3NO5/c1-3-30-19(28)12-17-16-11-14(13-5-8-15(9-6-13)23(24,25)26)7-10-18(16)32-21(27)20(17)22(29)31-4-2/h5-11,17,20,27H,3-4,12H2,1-2H3. The molecule has 0 bridgehead atoms. The average Bonchev–Trinajstić information content (AvgIpc) is 2.73. The summed E-state index contributed by atoms with van der Waals surface area (Å²) in [6.07, 6.45) is -4.63. The topological polar surface area (TPSA) is 85.7 Å². The van der Waals surface area contributed by atoms with E-state index in [1.54, 1.807) is 32.0 Å². The zero-order valence-electron chi connectivity index (χ0n) is 17.5. The van der Waals surface area contributed by atoms with Gasteiger partial charge in [0.05, 0.1) is 25.2 Å². The van der Waals surface area contributed by atoms with E-state index < -0.39 is 35.5 Å². The van der Waals surface area contributed by atoms with Crippen LogP contribution in [0.4, 0.5) is 13.2 Å². The van der Waals surface area contributed by atoms with E-state index in [0.717, 1.165) is 12.1 Å². The van der Waals surface area contributed by atoms with E-state index in [2.05, 4.69) is 0 Å². The maximum Gasteiger partial charge on any atom is 0.416 e. The fraction of sp³-hybridized carbons (Fsp3) is 0.348. The number of alkyl halides is 3. The van der Waals surface area contributed by atoms with Crippen LogP contribution in [0.3, 0.4) is 0 Å². The fourth-order valence-electron chi connectivity index (χ4n) is 3.64. The third-order valence-electron chi connectivity index (χ3n) is 5.09. The third-order valence-corrected chi connectivity index (χ3v) is 5.09. The van der Waals surface area contributed by atoms with Gasteiger partial charge in [0.2, 0.25) is 5.90 Å². The highest BCUT2D eigenvalue weighted by atomic mass is 19.4. The van der Waals surface area contributed by atoms with Gasteiger partial charge in [-0.1, -0.05) is 18.2 Å². The molecular formula is C23H22F3NO5. The Kier molecular flexibility index (Phi) is 6.86.